The number of hydrogen-bond donors (Lipinski definition) is 1. The summed E-state index contributed by atoms with van der Waals surface area (Å²) in [6.07, 6.45) is 0.515. The van der Waals surface area contributed by atoms with E-state index in [4.69, 9.17) is 16.3 Å². The van der Waals surface area contributed by atoms with Crippen molar-refractivity contribution in [1.29, 1.82) is 0 Å². The molecule has 0 heterocycles. The second-order valence-electron chi connectivity index (χ2n) is 8.27. The van der Waals surface area contributed by atoms with E-state index in [0.29, 0.717) is 36.2 Å². The second-order valence-corrected chi connectivity index (χ2v) is 8.68. The molecule has 6 heteroatoms. The third kappa shape index (κ3) is 7.59. The second kappa shape index (κ2) is 11.8. The summed E-state index contributed by atoms with van der Waals surface area (Å²) in [4.78, 5) is 27.7. The molecule has 0 saturated heterocycles. The molecule has 0 aromatic heterocycles. The van der Waals surface area contributed by atoms with E-state index >= 15 is 0 Å². The van der Waals surface area contributed by atoms with Crippen LogP contribution in [0, 0.1) is 19.8 Å². The molecule has 0 aliphatic carbocycles. The Labute approximate surface area is 190 Å². The molecule has 1 N–H and O–H groups in total. The Morgan fingerprint density at radius 3 is 2.48 bits per heavy atom. The minimum atomic E-state index is -0.567. The van der Waals surface area contributed by atoms with Crippen LogP contribution in [0.2, 0.25) is 5.02 Å². The molecule has 0 fully saturated rings. The molecule has 0 bridgehead atoms. The number of halogens is 1. The van der Waals surface area contributed by atoms with Crippen LogP contribution in [0.5, 0.6) is 5.75 Å². The first kappa shape index (κ1) is 24.7. The van der Waals surface area contributed by atoms with Gasteiger partial charge in [0.25, 0.3) is 5.91 Å². The standard InChI is InChI=1S/C25H33ClN2O3/c1-6-23(25(30)27-14-17(2)3)28(15-20-9-7-8-18(4)12-20)24(29)16-31-21-10-11-22(26)19(5)13-21/h7-13,17,23H,6,14-16H2,1-5H3,(H,27,30). The summed E-state index contributed by atoms with van der Waals surface area (Å²) in [6, 6.07) is 12.7. The first-order chi connectivity index (χ1) is 14.7. The third-order valence-electron chi connectivity index (χ3n) is 5.00. The monoisotopic (exact) mass is 444 g/mol. The number of nitrogens with zero attached hydrogens (tertiary/aromatic N) is 1. The van der Waals surface area contributed by atoms with Gasteiger partial charge in [-0.05, 0) is 55.5 Å². The largest absolute Gasteiger partial charge is 0.484 e. The molecule has 0 aliphatic rings. The zero-order valence-corrected chi connectivity index (χ0v) is 19.8. The van der Waals surface area contributed by atoms with Gasteiger partial charge in [0.1, 0.15) is 11.8 Å². The summed E-state index contributed by atoms with van der Waals surface area (Å²) in [5, 5.41) is 3.61. The fourth-order valence-corrected chi connectivity index (χ4v) is 3.40. The molecule has 2 aromatic rings. The van der Waals surface area contributed by atoms with Crippen LogP contribution in [-0.2, 0) is 16.1 Å². The van der Waals surface area contributed by atoms with Gasteiger partial charge < -0.3 is 15.0 Å². The number of rotatable bonds is 10. The molecule has 31 heavy (non-hydrogen) atoms. The first-order valence-electron chi connectivity index (χ1n) is 10.7. The molecule has 168 valence electrons. The van der Waals surface area contributed by atoms with Crippen LogP contribution >= 0.6 is 11.6 Å². The van der Waals surface area contributed by atoms with E-state index in [9.17, 15) is 9.59 Å². The van der Waals surface area contributed by atoms with E-state index in [-0.39, 0.29) is 18.4 Å². The number of benzene rings is 2. The van der Waals surface area contributed by atoms with Crippen molar-refractivity contribution in [1.82, 2.24) is 10.2 Å². The molecule has 0 saturated carbocycles. The Kier molecular flexibility index (Phi) is 9.38. The maximum Gasteiger partial charge on any atom is 0.261 e. The van der Waals surface area contributed by atoms with Crippen LogP contribution < -0.4 is 10.1 Å². The fourth-order valence-electron chi connectivity index (χ4n) is 3.28. The molecule has 1 atom stereocenters. The molecule has 1 unspecified atom stereocenters. The minimum absolute atomic E-state index is 0.139. The number of carbonyl (C=O) groups excluding carboxylic acids is 2. The van der Waals surface area contributed by atoms with Crippen molar-refractivity contribution < 1.29 is 14.3 Å². The molecule has 0 spiro atoms. The van der Waals surface area contributed by atoms with E-state index in [2.05, 4.69) is 5.32 Å². The van der Waals surface area contributed by atoms with Crippen LogP contribution in [0.4, 0.5) is 0 Å². The van der Waals surface area contributed by atoms with Gasteiger partial charge in [0, 0.05) is 18.1 Å². The lowest BCUT2D eigenvalue weighted by molar-refractivity contribution is -0.143. The molecule has 2 amide bonds. The van der Waals surface area contributed by atoms with Crippen LogP contribution in [0.25, 0.3) is 0 Å². The highest BCUT2D eigenvalue weighted by molar-refractivity contribution is 6.31. The zero-order valence-electron chi connectivity index (χ0n) is 19.1. The smallest absolute Gasteiger partial charge is 0.261 e. The van der Waals surface area contributed by atoms with E-state index in [1.807, 2.05) is 58.9 Å². The highest BCUT2D eigenvalue weighted by Gasteiger charge is 2.29. The molecular weight excluding hydrogens is 412 g/mol. The highest BCUT2D eigenvalue weighted by atomic mass is 35.5. The fraction of sp³-hybridized carbons (Fsp3) is 0.440. The van der Waals surface area contributed by atoms with Gasteiger partial charge in [-0.3, -0.25) is 9.59 Å². The Morgan fingerprint density at radius 1 is 1.13 bits per heavy atom. The first-order valence-corrected chi connectivity index (χ1v) is 11.1. The van der Waals surface area contributed by atoms with Crippen LogP contribution in [0.1, 0.15) is 43.9 Å². The number of nitrogens with one attached hydrogen (secondary N) is 1. The van der Waals surface area contributed by atoms with Gasteiger partial charge >= 0.3 is 0 Å². The normalized spacial score (nSPS) is 11.8. The SMILES string of the molecule is CCC(C(=O)NCC(C)C)N(Cc1cccc(C)c1)C(=O)COc1ccc(Cl)c(C)c1. The van der Waals surface area contributed by atoms with E-state index in [1.54, 1.807) is 23.1 Å². The molecule has 2 rings (SSSR count). The van der Waals surface area contributed by atoms with Crippen LogP contribution in [-0.4, -0.2) is 35.9 Å². The summed E-state index contributed by atoms with van der Waals surface area (Å²) in [5.41, 5.74) is 2.96. The summed E-state index contributed by atoms with van der Waals surface area (Å²) in [6.45, 7) is 10.7. The van der Waals surface area contributed by atoms with Gasteiger partial charge in [-0.25, -0.2) is 0 Å². The molecule has 5 nitrogen and oxygen atoms in total. The van der Waals surface area contributed by atoms with Crippen LogP contribution in [0.3, 0.4) is 0 Å². The predicted molar refractivity (Wildman–Crippen MR) is 125 cm³/mol. The van der Waals surface area contributed by atoms with Crippen molar-refractivity contribution >= 4 is 23.4 Å². The number of carbonyl (C=O) groups is 2. The number of ether oxygens (including phenoxy) is 1. The van der Waals surface area contributed by atoms with Crippen molar-refractivity contribution in [3.63, 3.8) is 0 Å². The van der Waals surface area contributed by atoms with Crippen molar-refractivity contribution in [2.75, 3.05) is 13.2 Å². The van der Waals surface area contributed by atoms with Crippen molar-refractivity contribution in [2.45, 2.75) is 53.6 Å². The van der Waals surface area contributed by atoms with Gasteiger partial charge in [-0.1, -0.05) is 62.2 Å². The average molecular weight is 445 g/mol. The molecule has 0 radical (unpaired) electrons. The molecule has 0 aliphatic heterocycles. The Hall–Kier alpha value is -2.53. The number of hydrogen-bond acceptors (Lipinski definition) is 3. The van der Waals surface area contributed by atoms with Gasteiger partial charge in [0.2, 0.25) is 5.91 Å². The third-order valence-corrected chi connectivity index (χ3v) is 5.42. The maximum absolute atomic E-state index is 13.2. The number of aryl methyl sites for hydroxylation is 2. The highest BCUT2D eigenvalue weighted by Crippen LogP contribution is 2.21. The van der Waals surface area contributed by atoms with E-state index in [0.717, 1.165) is 16.7 Å². The van der Waals surface area contributed by atoms with Gasteiger partial charge in [-0.15, -0.1) is 0 Å². The molecular formula is C25H33ClN2O3. The summed E-state index contributed by atoms with van der Waals surface area (Å²) >= 11 is 6.07. The van der Waals surface area contributed by atoms with Crippen molar-refractivity contribution in [3.05, 3.63) is 64.2 Å². The van der Waals surface area contributed by atoms with E-state index < -0.39 is 6.04 Å². The summed E-state index contributed by atoms with van der Waals surface area (Å²) in [5.74, 6) is 0.530. The van der Waals surface area contributed by atoms with Gasteiger partial charge in [-0.2, -0.15) is 0 Å². The average Bonchev–Trinajstić information content (AvgIpc) is 2.72. The van der Waals surface area contributed by atoms with Gasteiger partial charge in [0.05, 0.1) is 0 Å². The van der Waals surface area contributed by atoms with Crippen molar-refractivity contribution in [3.8, 4) is 5.75 Å². The van der Waals surface area contributed by atoms with Crippen molar-refractivity contribution in [2.24, 2.45) is 5.92 Å². The lowest BCUT2D eigenvalue weighted by atomic mass is 10.1. The lowest BCUT2D eigenvalue weighted by Crippen LogP contribution is -2.50. The summed E-state index contributed by atoms with van der Waals surface area (Å²) in [7, 11) is 0. The predicted octanol–water partition coefficient (Wildman–Crippen LogP) is 4.92. The quantitative estimate of drug-likeness (QED) is 0.566. The van der Waals surface area contributed by atoms with Gasteiger partial charge in [0.15, 0.2) is 6.61 Å². The summed E-state index contributed by atoms with van der Waals surface area (Å²) < 4.78 is 5.74. The minimum Gasteiger partial charge on any atom is -0.484 e. The topological polar surface area (TPSA) is 58.6 Å². The van der Waals surface area contributed by atoms with E-state index in [1.165, 1.54) is 0 Å². The van der Waals surface area contributed by atoms with Crippen LogP contribution in [0.15, 0.2) is 42.5 Å². The Bertz CT molecular complexity index is 898. The molecule has 2 aromatic carbocycles. The Morgan fingerprint density at radius 2 is 1.87 bits per heavy atom. The zero-order chi connectivity index (χ0) is 23.0. The maximum atomic E-state index is 13.2. The Balaban J connectivity index is 2.20. The number of amides is 2. The lowest BCUT2D eigenvalue weighted by Gasteiger charge is -2.31.